The minimum absolute atomic E-state index is 0.279. The van der Waals surface area contributed by atoms with E-state index in [-0.39, 0.29) is 11.2 Å². The molecule has 0 spiro atoms. The van der Waals surface area contributed by atoms with Crippen LogP contribution in [0.1, 0.15) is 11.1 Å². The van der Waals surface area contributed by atoms with Gasteiger partial charge in [0, 0.05) is 32.7 Å². The minimum atomic E-state index is -0.304. The molecule has 0 fully saturated rings. The largest absolute Gasteiger partial charge is 0.353 e. The first kappa shape index (κ1) is 14.4. The summed E-state index contributed by atoms with van der Waals surface area (Å²) in [5.41, 5.74) is 1.99. The first-order chi connectivity index (χ1) is 10.6. The van der Waals surface area contributed by atoms with Gasteiger partial charge < -0.3 is 4.90 Å². The van der Waals surface area contributed by atoms with E-state index >= 15 is 0 Å². The number of fused-ring (bicyclic) bond motifs is 1. The molecule has 1 aliphatic rings. The van der Waals surface area contributed by atoms with Gasteiger partial charge in [0.1, 0.15) is 5.82 Å². The number of hydrogen-bond acceptors (Lipinski definition) is 3. The predicted octanol–water partition coefficient (Wildman–Crippen LogP) is 1.30. The Labute approximate surface area is 128 Å². The molecule has 1 aliphatic heterocycles. The van der Waals surface area contributed by atoms with Gasteiger partial charge in [-0.05, 0) is 17.5 Å². The summed E-state index contributed by atoms with van der Waals surface area (Å²) in [5.74, 6) is 0.669. The van der Waals surface area contributed by atoms with Crippen molar-refractivity contribution < 1.29 is 0 Å². The highest BCUT2D eigenvalue weighted by atomic mass is 16.2. The van der Waals surface area contributed by atoms with Crippen LogP contribution in [0.2, 0.25) is 0 Å². The summed E-state index contributed by atoms with van der Waals surface area (Å²) in [7, 11) is 1.50. The average molecular weight is 297 g/mol. The lowest BCUT2D eigenvalue weighted by Gasteiger charge is -2.32. The maximum atomic E-state index is 12.3. The zero-order valence-corrected chi connectivity index (χ0v) is 12.7. The first-order valence-electron chi connectivity index (χ1n) is 7.35. The molecule has 5 nitrogen and oxygen atoms in total. The molecule has 0 radical (unpaired) electrons. The van der Waals surface area contributed by atoms with Gasteiger partial charge in [-0.1, -0.05) is 30.3 Å². The van der Waals surface area contributed by atoms with Crippen LogP contribution in [0.5, 0.6) is 0 Å². The third kappa shape index (κ3) is 2.39. The van der Waals surface area contributed by atoms with E-state index in [1.807, 2.05) is 12.1 Å². The van der Waals surface area contributed by atoms with Gasteiger partial charge in [-0.25, -0.2) is 4.79 Å². The van der Waals surface area contributed by atoms with E-state index in [2.05, 4.69) is 23.6 Å². The monoisotopic (exact) mass is 297 g/mol. The van der Waals surface area contributed by atoms with Gasteiger partial charge in [0.2, 0.25) is 0 Å². The van der Waals surface area contributed by atoms with Crippen LogP contribution in [0.25, 0.3) is 0 Å². The maximum Gasteiger partial charge on any atom is 0.332 e. The number of benzene rings is 1. The van der Waals surface area contributed by atoms with E-state index < -0.39 is 0 Å². The summed E-state index contributed by atoms with van der Waals surface area (Å²) < 4.78 is 2.73. The Hall–Kier alpha value is -2.56. The molecule has 114 valence electrons. The fourth-order valence-corrected chi connectivity index (χ4v) is 2.91. The number of anilines is 1. The molecule has 2 aromatic rings. The first-order valence-corrected chi connectivity index (χ1v) is 7.35. The second kappa shape index (κ2) is 5.67. The number of aromatic nitrogens is 2. The SMILES string of the molecule is C=CCn1c(N2CCc3ccccc3C2)cc(=O)n(C)c1=O. The quantitative estimate of drug-likeness (QED) is 0.802. The zero-order chi connectivity index (χ0) is 15.7. The van der Waals surface area contributed by atoms with Crippen molar-refractivity contribution in [3.8, 4) is 0 Å². The van der Waals surface area contributed by atoms with Crippen LogP contribution in [-0.4, -0.2) is 15.7 Å². The lowest BCUT2D eigenvalue weighted by atomic mass is 10.00. The number of hydrogen-bond donors (Lipinski definition) is 0. The Morgan fingerprint density at radius 2 is 1.95 bits per heavy atom. The highest BCUT2D eigenvalue weighted by molar-refractivity contribution is 5.44. The highest BCUT2D eigenvalue weighted by Crippen LogP contribution is 2.22. The number of allylic oxidation sites excluding steroid dienone is 1. The summed E-state index contributed by atoms with van der Waals surface area (Å²) in [4.78, 5) is 26.4. The lowest BCUT2D eigenvalue weighted by Crippen LogP contribution is -2.42. The van der Waals surface area contributed by atoms with Crippen LogP contribution in [-0.2, 0) is 26.6 Å². The molecule has 5 heteroatoms. The van der Waals surface area contributed by atoms with Gasteiger partial charge in [-0.2, -0.15) is 0 Å². The highest BCUT2D eigenvalue weighted by Gasteiger charge is 2.20. The van der Waals surface area contributed by atoms with E-state index in [0.717, 1.165) is 17.5 Å². The van der Waals surface area contributed by atoms with Crippen molar-refractivity contribution in [2.75, 3.05) is 11.4 Å². The molecule has 0 N–H and O–H groups in total. The van der Waals surface area contributed by atoms with Crippen LogP contribution in [0.3, 0.4) is 0 Å². The van der Waals surface area contributed by atoms with Gasteiger partial charge >= 0.3 is 5.69 Å². The Morgan fingerprint density at radius 1 is 1.23 bits per heavy atom. The van der Waals surface area contributed by atoms with Crippen LogP contribution in [0.4, 0.5) is 5.82 Å². The van der Waals surface area contributed by atoms with Crippen LogP contribution < -0.4 is 16.1 Å². The van der Waals surface area contributed by atoms with Crippen molar-refractivity contribution in [2.45, 2.75) is 19.5 Å². The molecule has 1 aromatic carbocycles. The summed E-state index contributed by atoms with van der Waals surface area (Å²) in [6, 6.07) is 9.83. The van der Waals surface area contributed by atoms with Gasteiger partial charge in [0.05, 0.1) is 0 Å². The van der Waals surface area contributed by atoms with Crippen molar-refractivity contribution >= 4 is 5.82 Å². The second-order valence-electron chi connectivity index (χ2n) is 5.52. The molecule has 22 heavy (non-hydrogen) atoms. The standard InChI is InChI=1S/C17H19N3O2/c1-3-9-20-15(11-16(21)18(2)17(20)22)19-10-8-13-6-4-5-7-14(13)12-19/h3-7,11H,1,8-10,12H2,2H3. The molecule has 3 rings (SSSR count). The van der Waals surface area contributed by atoms with Crippen LogP contribution in [0, 0.1) is 0 Å². The molecule has 0 bridgehead atoms. The van der Waals surface area contributed by atoms with Crippen molar-refractivity contribution in [3.05, 3.63) is 75.0 Å². The Bertz CT molecular complexity index is 833. The number of nitrogens with zero attached hydrogens (tertiary/aromatic N) is 3. The molecular formula is C17H19N3O2. The Kier molecular flexibility index (Phi) is 3.71. The van der Waals surface area contributed by atoms with Gasteiger partial charge in [-0.3, -0.25) is 13.9 Å². The number of rotatable bonds is 3. The van der Waals surface area contributed by atoms with Crippen molar-refractivity contribution in [1.82, 2.24) is 9.13 Å². The molecule has 0 saturated heterocycles. The molecule has 0 saturated carbocycles. The van der Waals surface area contributed by atoms with Crippen LogP contribution >= 0.6 is 0 Å². The van der Waals surface area contributed by atoms with Crippen molar-refractivity contribution in [1.29, 1.82) is 0 Å². The van der Waals surface area contributed by atoms with Crippen molar-refractivity contribution in [3.63, 3.8) is 0 Å². The Balaban J connectivity index is 2.08. The zero-order valence-electron chi connectivity index (χ0n) is 12.7. The Morgan fingerprint density at radius 3 is 2.68 bits per heavy atom. The molecule has 1 aromatic heterocycles. The predicted molar refractivity (Wildman–Crippen MR) is 87.3 cm³/mol. The van der Waals surface area contributed by atoms with Crippen LogP contribution in [0.15, 0.2) is 52.6 Å². The molecule has 0 atom stereocenters. The average Bonchev–Trinajstić information content (AvgIpc) is 2.55. The molecular weight excluding hydrogens is 278 g/mol. The maximum absolute atomic E-state index is 12.3. The minimum Gasteiger partial charge on any atom is -0.353 e. The van der Waals surface area contributed by atoms with E-state index in [0.29, 0.717) is 18.9 Å². The van der Waals surface area contributed by atoms with Gasteiger partial charge in [0.25, 0.3) is 5.56 Å². The molecule has 0 unspecified atom stereocenters. The summed E-state index contributed by atoms with van der Waals surface area (Å²) in [6.07, 6.45) is 2.58. The fraction of sp³-hybridized carbons (Fsp3) is 0.294. The van der Waals surface area contributed by atoms with E-state index in [4.69, 9.17) is 0 Å². The fourth-order valence-electron chi connectivity index (χ4n) is 2.91. The smallest absolute Gasteiger partial charge is 0.332 e. The molecule has 0 aliphatic carbocycles. The summed E-state index contributed by atoms with van der Waals surface area (Å²) in [5, 5.41) is 0. The topological polar surface area (TPSA) is 47.2 Å². The van der Waals surface area contributed by atoms with Gasteiger partial charge in [-0.15, -0.1) is 6.58 Å². The van der Waals surface area contributed by atoms with Crippen molar-refractivity contribution in [2.24, 2.45) is 7.05 Å². The van der Waals surface area contributed by atoms with E-state index in [9.17, 15) is 9.59 Å². The summed E-state index contributed by atoms with van der Waals surface area (Å²) >= 11 is 0. The third-order valence-corrected chi connectivity index (χ3v) is 4.14. The normalized spacial score (nSPS) is 13.8. The van der Waals surface area contributed by atoms with E-state index in [1.165, 1.54) is 18.2 Å². The lowest BCUT2D eigenvalue weighted by molar-refractivity contribution is 0.617. The second-order valence-corrected chi connectivity index (χ2v) is 5.52. The molecule has 2 heterocycles. The van der Waals surface area contributed by atoms with Gasteiger partial charge in [0.15, 0.2) is 0 Å². The molecule has 0 amide bonds. The van der Waals surface area contributed by atoms with E-state index in [1.54, 1.807) is 16.7 Å². The third-order valence-electron chi connectivity index (χ3n) is 4.14. The summed E-state index contributed by atoms with van der Waals surface area (Å²) in [6.45, 7) is 5.60.